The predicted molar refractivity (Wildman–Crippen MR) is 145 cm³/mol. The molecule has 0 aromatic heterocycles. The quantitative estimate of drug-likeness (QED) is 0.309. The average Bonchev–Trinajstić information content (AvgIpc) is 3.30. The third-order valence-electron chi connectivity index (χ3n) is 7.38. The van der Waals surface area contributed by atoms with Crippen LogP contribution in [0.1, 0.15) is 47.9 Å². The Hall–Kier alpha value is -3.41. The van der Waals surface area contributed by atoms with Crippen molar-refractivity contribution >= 4 is 5.91 Å². The fraction of sp³-hybridized carbons (Fsp3) is 0.344. The van der Waals surface area contributed by atoms with Crippen LogP contribution in [0.3, 0.4) is 0 Å². The standard InChI is InChI=1S/C32H35NO4/c1-2-36-32-28(13-8-18-34)29(21-30(37-32)31(35)33-17-16-22-9-4-3-5-10-22)24-14-15-27-25(20-24)19-23-11-6-7-12-26(23)27/h3-7,9-12,14-15,20-21,28-29,32,34H,2,8,13,16-19H2,1H3,(H,33,35)/t28-,29+,32+/m1/s1. The summed E-state index contributed by atoms with van der Waals surface area (Å²) in [6, 6.07) is 25.3. The summed E-state index contributed by atoms with van der Waals surface area (Å²) < 4.78 is 12.2. The SMILES string of the molecule is CCO[C@H]1OC(C(=O)NCCc2ccccc2)=C[C@@H](c2ccc3c(c2)Cc2ccccc2-3)[C@H]1CCCO. The summed E-state index contributed by atoms with van der Waals surface area (Å²) in [6.07, 6.45) is 4.46. The molecule has 192 valence electrons. The molecular weight excluding hydrogens is 462 g/mol. The Morgan fingerprint density at radius 3 is 2.62 bits per heavy atom. The summed E-state index contributed by atoms with van der Waals surface area (Å²) in [7, 11) is 0. The lowest BCUT2D eigenvalue weighted by Gasteiger charge is -2.37. The molecule has 1 amide bonds. The van der Waals surface area contributed by atoms with E-state index < -0.39 is 6.29 Å². The Labute approximate surface area is 219 Å². The molecule has 2 aliphatic rings. The van der Waals surface area contributed by atoms with E-state index in [1.54, 1.807) is 0 Å². The highest BCUT2D eigenvalue weighted by Gasteiger charge is 2.38. The largest absolute Gasteiger partial charge is 0.459 e. The fourth-order valence-electron chi connectivity index (χ4n) is 5.57. The van der Waals surface area contributed by atoms with E-state index in [2.05, 4.69) is 59.9 Å². The molecule has 0 saturated heterocycles. The van der Waals surface area contributed by atoms with Gasteiger partial charge in [0.2, 0.25) is 6.29 Å². The van der Waals surface area contributed by atoms with Gasteiger partial charge in [-0.25, -0.2) is 0 Å². The van der Waals surface area contributed by atoms with Crippen LogP contribution in [0.4, 0.5) is 0 Å². The molecule has 5 nitrogen and oxygen atoms in total. The van der Waals surface area contributed by atoms with Gasteiger partial charge in [0.1, 0.15) is 0 Å². The van der Waals surface area contributed by atoms with Crippen LogP contribution in [0.2, 0.25) is 0 Å². The smallest absolute Gasteiger partial charge is 0.286 e. The third-order valence-corrected chi connectivity index (χ3v) is 7.38. The number of nitrogens with one attached hydrogen (secondary N) is 1. The molecule has 5 rings (SSSR count). The maximum Gasteiger partial charge on any atom is 0.286 e. The maximum atomic E-state index is 13.2. The molecule has 0 saturated carbocycles. The molecule has 5 heteroatoms. The van der Waals surface area contributed by atoms with Crippen LogP contribution in [-0.2, 0) is 27.1 Å². The number of hydrogen-bond acceptors (Lipinski definition) is 4. The zero-order valence-corrected chi connectivity index (χ0v) is 21.4. The first kappa shape index (κ1) is 25.2. The number of hydrogen-bond donors (Lipinski definition) is 2. The minimum Gasteiger partial charge on any atom is -0.459 e. The lowest BCUT2D eigenvalue weighted by Crippen LogP contribution is -2.39. The van der Waals surface area contributed by atoms with Crippen molar-refractivity contribution in [1.29, 1.82) is 0 Å². The van der Waals surface area contributed by atoms with E-state index in [4.69, 9.17) is 9.47 Å². The maximum absolute atomic E-state index is 13.2. The summed E-state index contributed by atoms with van der Waals surface area (Å²) in [5.74, 6) is 0.0240. The second kappa shape index (κ2) is 11.8. The molecule has 0 radical (unpaired) electrons. The van der Waals surface area contributed by atoms with Crippen molar-refractivity contribution in [3.8, 4) is 11.1 Å². The van der Waals surface area contributed by atoms with Crippen LogP contribution in [-0.4, -0.2) is 37.1 Å². The van der Waals surface area contributed by atoms with Crippen LogP contribution in [0.5, 0.6) is 0 Å². The van der Waals surface area contributed by atoms with E-state index >= 15 is 0 Å². The van der Waals surface area contributed by atoms with Gasteiger partial charge in [0.05, 0.1) is 0 Å². The summed E-state index contributed by atoms with van der Waals surface area (Å²) >= 11 is 0. The Morgan fingerprint density at radius 2 is 1.81 bits per heavy atom. The normalized spacial score (nSPS) is 19.9. The first-order valence-corrected chi connectivity index (χ1v) is 13.3. The summed E-state index contributed by atoms with van der Waals surface area (Å²) in [4.78, 5) is 13.2. The van der Waals surface area contributed by atoms with E-state index in [-0.39, 0.29) is 24.3 Å². The van der Waals surface area contributed by atoms with Gasteiger partial charge in [0, 0.05) is 31.6 Å². The van der Waals surface area contributed by atoms with Crippen LogP contribution < -0.4 is 5.32 Å². The molecule has 3 aromatic carbocycles. The number of aliphatic hydroxyl groups is 1. The molecular formula is C32H35NO4. The van der Waals surface area contributed by atoms with Gasteiger partial charge >= 0.3 is 0 Å². The number of benzene rings is 3. The van der Waals surface area contributed by atoms with Gasteiger partial charge in [-0.2, -0.15) is 0 Å². The Morgan fingerprint density at radius 1 is 1.03 bits per heavy atom. The van der Waals surface area contributed by atoms with Gasteiger partial charge in [-0.05, 0) is 72.1 Å². The third kappa shape index (κ3) is 5.63. The van der Waals surface area contributed by atoms with E-state index in [9.17, 15) is 9.90 Å². The highest BCUT2D eigenvalue weighted by atomic mass is 16.7. The Balaban J connectivity index is 1.41. The van der Waals surface area contributed by atoms with Crippen molar-refractivity contribution in [2.45, 2.75) is 44.8 Å². The van der Waals surface area contributed by atoms with Crippen molar-refractivity contribution < 1.29 is 19.4 Å². The second-order valence-electron chi connectivity index (χ2n) is 9.77. The molecule has 0 bridgehead atoms. The predicted octanol–water partition coefficient (Wildman–Crippen LogP) is 5.37. The fourth-order valence-corrected chi connectivity index (χ4v) is 5.57. The minimum atomic E-state index is -0.549. The number of carbonyl (C=O) groups excluding carboxylic acids is 1. The number of allylic oxidation sites excluding steroid dienone is 1. The zero-order chi connectivity index (χ0) is 25.6. The Kier molecular flexibility index (Phi) is 8.02. The molecule has 3 atom stereocenters. The van der Waals surface area contributed by atoms with Gasteiger partial charge in [-0.15, -0.1) is 0 Å². The number of aliphatic hydroxyl groups excluding tert-OH is 1. The second-order valence-corrected chi connectivity index (χ2v) is 9.77. The van der Waals surface area contributed by atoms with Crippen LogP contribution in [0, 0.1) is 5.92 Å². The average molecular weight is 498 g/mol. The zero-order valence-electron chi connectivity index (χ0n) is 21.4. The number of ether oxygens (including phenoxy) is 2. The van der Waals surface area contributed by atoms with Gasteiger partial charge in [-0.3, -0.25) is 4.79 Å². The van der Waals surface area contributed by atoms with E-state index in [1.807, 2.05) is 31.2 Å². The first-order valence-electron chi connectivity index (χ1n) is 13.3. The van der Waals surface area contributed by atoms with E-state index in [0.29, 0.717) is 25.3 Å². The van der Waals surface area contributed by atoms with Crippen molar-refractivity contribution in [3.05, 3.63) is 107 Å². The van der Waals surface area contributed by atoms with E-state index in [1.165, 1.54) is 27.8 Å². The highest BCUT2D eigenvalue weighted by Crippen LogP contribution is 2.43. The molecule has 3 aromatic rings. The minimum absolute atomic E-state index is 0.00482. The van der Waals surface area contributed by atoms with E-state index in [0.717, 1.165) is 24.8 Å². The summed E-state index contributed by atoms with van der Waals surface area (Å²) in [6.45, 7) is 3.05. The molecule has 0 spiro atoms. The molecule has 37 heavy (non-hydrogen) atoms. The molecule has 1 aliphatic heterocycles. The van der Waals surface area contributed by atoms with Crippen molar-refractivity contribution in [2.24, 2.45) is 5.92 Å². The number of carbonyl (C=O) groups is 1. The molecule has 2 N–H and O–H groups in total. The van der Waals surface area contributed by atoms with Gasteiger partial charge < -0.3 is 19.9 Å². The lowest BCUT2D eigenvalue weighted by atomic mass is 9.80. The molecule has 1 aliphatic carbocycles. The summed E-state index contributed by atoms with van der Waals surface area (Å²) in [5.41, 5.74) is 7.56. The monoisotopic (exact) mass is 497 g/mol. The Bertz CT molecular complexity index is 1250. The topological polar surface area (TPSA) is 67.8 Å². The number of amides is 1. The molecule has 0 fully saturated rings. The van der Waals surface area contributed by atoms with Crippen molar-refractivity contribution in [3.63, 3.8) is 0 Å². The van der Waals surface area contributed by atoms with Gasteiger partial charge in [0.15, 0.2) is 5.76 Å². The first-order chi connectivity index (χ1) is 18.2. The number of fused-ring (bicyclic) bond motifs is 3. The van der Waals surface area contributed by atoms with Gasteiger partial charge in [0.25, 0.3) is 5.91 Å². The number of rotatable bonds is 10. The summed E-state index contributed by atoms with van der Waals surface area (Å²) in [5, 5.41) is 12.6. The van der Waals surface area contributed by atoms with Crippen LogP contribution in [0.25, 0.3) is 11.1 Å². The van der Waals surface area contributed by atoms with Gasteiger partial charge in [-0.1, -0.05) is 72.8 Å². The highest BCUT2D eigenvalue weighted by molar-refractivity contribution is 5.91. The van der Waals surface area contributed by atoms with Crippen LogP contribution in [0.15, 0.2) is 84.6 Å². The lowest BCUT2D eigenvalue weighted by molar-refractivity contribution is -0.166. The molecule has 1 heterocycles. The van der Waals surface area contributed by atoms with Crippen molar-refractivity contribution in [1.82, 2.24) is 5.32 Å². The van der Waals surface area contributed by atoms with Crippen molar-refractivity contribution in [2.75, 3.05) is 19.8 Å². The van der Waals surface area contributed by atoms with Crippen LogP contribution >= 0.6 is 0 Å². The molecule has 0 unspecified atom stereocenters.